The lowest BCUT2D eigenvalue weighted by molar-refractivity contribution is -0.0498. The minimum Gasteiger partial charge on any atom is -0.435 e. The number of aromatic nitrogens is 2. The molecule has 0 saturated heterocycles. The monoisotopic (exact) mass is 521 g/mol. The summed E-state index contributed by atoms with van der Waals surface area (Å²) >= 11 is 0. The molecule has 0 aliphatic rings. The van der Waals surface area contributed by atoms with Crippen LogP contribution >= 0.6 is 24.0 Å². The fraction of sp³-hybridized carbons (Fsp3) is 0.500. The number of halogens is 3. The summed E-state index contributed by atoms with van der Waals surface area (Å²) in [5.74, 6) is 2.37. The van der Waals surface area contributed by atoms with Gasteiger partial charge in [-0.25, -0.2) is 9.98 Å². The van der Waals surface area contributed by atoms with E-state index in [0.717, 1.165) is 30.4 Å². The summed E-state index contributed by atoms with van der Waals surface area (Å²) in [6.45, 7) is 6.25. The van der Waals surface area contributed by atoms with Gasteiger partial charge in [0, 0.05) is 39.1 Å². The number of hydrogen-bond donors (Lipinski definition) is 1. The quantitative estimate of drug-likeness (QED) is 0.303. The maximum absolute atomic E-state index is 12.3. The molecule has 162 valence electrons. The first kappa shape index (κ1) is 25.1. The van der Waals surface area contributed by atoms with Gasteiger partial charge in [0.1, 0.15) is 18.1 Å². The molecule has 29 heavy (non-hydrogen) atoms. The SMILES string of the molecule is CCNC(=NCc1nccn1CC(C)C)N(C)Cc1ccc(OC(F)F)cc1.I. The number of ether oxygens (including phenoxy) is 1. The van der Waals surface area contributed by atoms with Crippen LogP contribution in [0.2, 0.25) is 0 Å². The molecule has 1 aromatic carbocycles. The first-order valence-corrected chi connectivity index (χ1v) is 9.42. The molecule has 0 spiro atoms. The average Bonchev–Trinajstić information content (AvgIpc) is 3.06. The minimum absolute atomic E-state index is 0. The van der Waals surface area contributed by atoms with Crippen LogP contribution in [0, 0.1) is 5.92 Å². The third-order valence-electron chi connectivity index (χ3n) is 4.00. The molecular formula is C20H30F2IN5O. The first-order chi connectivity index (χ1) is 13.4. The van der Waals surface area contributed by atoms with E-state index < -0.39 is 6.61 Å². The van der Waals surface area contributed by atoms with E-state index in [1.807, 2.05) is 25.1 Å². The summed E-state index contributed by atoms with van der Waals surface area (Å²) in [6, 6.07) is 6.63. The molecule has 0 atom stereocenters. The number of imidazole rings is 1. The number of aliphatic imine (C=N–C) groups is 1. The summed E-state index contributed by atoms with van der Waals surface area (Å²) in [4.78, 5) is 11.1. The van der Waals surface area contributed by atoms with Gasteiger partial charge in [-0.1, -0.05) is 26.0 Å². The Bertz CT molecular complexity index is 750. The molecule has 2 aromatic rings. The second-order valence-electron chi connectivity index (χ2n) is 6.94. The van der Waals surface area contributed by atoms with E-state index >= 15 is 0 Å². The number of benzene rings is 1. The van der Waals surface area contributed by atoms with Crippen molar-refractivity contribution in [1.29, 1.82) is 0 Å². The third-order valence-corrected chi connectivity index (χ3v) is 4.00. The van der Waals surface area contributed by atoms with Gasteiger partial charge in [0.2, 0.25) is 0 Å². The van der Waals surface area contributed by atoms with E-state index in [1.165, 1.54) is 0 Å². The highest BCUT2D eigenvalue weighted by Gasteiger charge is 2.10. The first-order valence-electron chi connectivity index (χ1n) is 9.42. The minimum atomic E-state index is -2.82. The van der Waals surface area contributed by atoms with Gasteiger partial charge in [-0.2, -0.15) is 8.78 Å². The molecule has 0 saturated carbocycles. The Labute approximate surface area is 188 Å². The summed E-state index contributed by atoms with van der Waals surface area (Å²) in [5.41, 5.74) is 0.969. The van der Waals surface area contributed by atoms with Gasteiger partial charge in [-0.15, -0.1) is 24.0 Å². The molecule has 0 fully saturated rings. The highest BCUT2D eigenvalue weighted by molar-refractivity contribution is 14.0. The van der Waals surface area contributed by atoms with Crippen molar-refractivity contribution in [3.05, 3.63) is 48.0 Å². The number of alkyl halides is 2. The molecule has 0 aliphatic carbocycles. The maximum atomic E-state index is 12.3. The normalized spacial score (nSPS) is 11.5. The Balaban J connectivity index is 0.00000420. The predicted octanol–water partition coefficient (Wildman–Crippen LogP) is 4.36. The van der Waals surface area contributed by atoms with Gasteiger partial charge >= 0.3 is 6.61 Å². The highest BCUT2D eigenvalue weighted by Crippen LogP contribution is 2.16. The summed E-state index contributed by atoms with van der Waals surface area (Å²) in [5, 5.41) is 3.28. The summed E-state index contributed by atoms with van der Waals surface area (Å²) in [7, 11) is 1.94. The zero-order valence-electron chi connectivity index (χ0n) is 17.3. The molecule has 1 N–H and O–H groups in total. The van der Waals surface area contributed by atoms with Crippen LogP contribution in [0.4, 0.5) is 8.78 Å². The molecule has 1 heterocycles. The number of nitrogens with one attached hydrogen (secondary N) is 1. The lowest BCUT2D eigenvalue weighted by Gasteiger charge is -2.22. The second-order valence-corrected chi connectivity index (χ2v) is 6.94. The van der Waals surface area contributed by atoms with Crippen LogP contribution in [0.1, 0.15) is 32.2 Å². The van der Waals surface area contributed by atoms with E-state index in [2.05, 4.69) is 33.5 Å². The van der Waals surface area contributed by atoms with Gasteiger partial charge in [0.15, 0.2) is 5.96 Å². The number of hydrogen-bond acceptors (Lipinski definition) is 3. The summed E-state index contributed by atoms with van der Waals surface area (Å²) < 4.78 is 31.0. The van der Waals surface area contributed by atoms with Crippen LogP contribution in [0.15, 0.2) is 41.7 Å². The Morgan fingerprint density at radius 2 is 1.97 bits per heavy atom. The van der Waals surface area contributed by atoms with Crippen LogP contribution in [-0.4, -0.2) is 40.6 Å². The van der Waals surface area contributed by atoms with E-state index in [1.54, 1.807) is 30.5 Å². The molecule has 2 rings (SSSR count). The van der Waals surface area contributed by atoms with Crippen LogP contribution in [0.3, 0.4) is 0 Å². The number of rotatable bonds is 9. The van der Waals surface area contributed by atoms with Gasteiger partial charge in [0.05, 0.1) is 0 Å². The van der Waals surface area contributed by atoms with E-state index in [4.69, 9.17) is 4.99 Å². The van der Waals surface area contributed by atoms with Gasteiger partial charge < -0.3 is 19.5 Å². The highest BCUT2D eigenvalue weighted by atomic mass is 127. The molecule has 0 unspecified atom stereocenters. The molecule has 0 radical (unpaired) electrons. The fourth-order valence-electron chi connectivity index (χ4n) is 2.79. The predicted molar refractivity (Wildman–Crippen MR) is 122 cm³/mol. The van der Waals surface area contributed by atoms with Crippen molar-refractivity contribution < 1.29 is 13.5 Å². The van der Waals surface area contributed by atoms with E-state index in [9.17, 15) is 8.78 Å². The molecule has 0 amide bonds. The Hall–Kier alpha value is -1.91. The molecule has 9 heteroatoms. The molecule has 1 aromatic heterocycles. The standard InChI is InChI=1S/C20H29F2N5O.HI/c1-5-23-20(25-12-18-24-10-11-27(18)13-15(2)3)26(4)14-16-6-8-17(9-7-16)28-19(21)22;/h6-11,15,19H,5,12-14H2,1-4H3,(H,23,25);1H. The molecular weight excluding hydrogens is 491 g/mol. The van der Waals surface area contributed by atoms with Crippen molar-refractivity contribution in [3.63, 3.8) is 0 Å². The van der Waals surface area contributed by atoms with Crippen molar-refractivity contribution in [2.24, 2.45) is 10.9 Å². The van der Waals surface area contributed by atoms with Gasteiger partial charge in [-0.3, -0.25) is 0 Å². The Morgan fingerprint density at radius 3 is 2.55 bits per heavy atom. The van der Waals surface area contributed by atoms with Crippen molar-refractivity contribution in [2.75, 3.05) is 13.6 Å². The number of guanidine groups is 1. The van der Waals surface area contributed by atoms with Crippen molar-refractivity contribution in [1.82, 2.24) is 19.8 Å². The average molecular weight is 521 g/mol. The van der Waals surface area contributed by atoms with E-state index in [-0.39, 0.29) is 29.7 Å². The van der Waals surface area contributed by atoms with Gasteiger partial charge in [0.25, 0.3) is 0 Å². The van der Waals surface area contributed by atoms with Crippen LogP contribution in [-0.2, 0) is 19.6 Å². The van der Waals surface area contributed by atoms with Crippen LogP contribution in [0.5, 0.6) is 5.75 Å². The Morgan fingerprint density at radius 1 is 1.28 bits per heavy atom. The van der Waals surface area contributed by atoms with Crippen LogP contribution in [0.25, 0.3) is 0 Å². The maximum Gasteiger partial charge on any atom is 0.387 e. The van der Waals surface area contributed by atoms with Crippen molar-refractivity contribution in [2.45, 2.75) is 47.0 Å². The number of nitrogens with zero attached hydrogens (tertiary/aromatic N) is 4. The zero-order chi connectivity index (χ0) is 20.5. The Kier molecular flexibility index (Phi) is 10.9. The van der Waals surface area contributed by atoms with Crippen LogP contribution < -0.4 is 10.1 Å². The second kappa shape index (κ2) is 12.6. The molecule has 0 bridgehead atoms. The van der Waals surface area contributed by atoms with Gasteiger partial charge in [-0.05, 0) is 30.5 Å². The van der Waals surface area contributed by atoms with E-state index in [0.29, 0.717) is 19.0 Å². The molecule has 0 aliphatic heterocycles. The lowest BCUT2D eigenvalue weighted by atomic mass is 10.2. The third kappa shape index (κ3) is 8.55. The zero-order valence-corrected chi connectivity index (χ0v) is 19.6. The smallest absolute Gasteiger partial charge is 0.387 e. The largest absolute Gasteiger partial charge is 0.435 e. The molecule has 6 nitrogen and oxygen atoms in total. The van der Waals surface area contributed by atoms with Crippen molar-refractivity contribution in [3.8, 4) is 5.75 Å². The topological polar surface area (TPSA) is 54.7 Å². The fourth-order valence-corrected chi connectivity index (χ4v) is 2.79. The lowest BCUT2D eigenvalue weighted by Crippen LogP contribution is -2.38. The van der Waals surface area contributed by atoms with Crippen molar-refractivity contribution >= 4 is 29.9 Å². The summed E-state index contributed by atoms with van der Waals surface area (Å²) in [6.07, 6.45) is 3.78.